The highest BCUT2D eigenvalue weighted by atomic mass is 16.5. The molecule has 0 radical (unpaired) electrons. The van der Waals surface area contributed by atoms with Gasteiger partial charge in [0.2, 0.25) is 0 Å². The third-order valence-electron chi connectivity index (χ3n) is 4.14. The van der Waals surface area contributed by atoms with Crippen LogP contribution < -0.4 is 0 Å². The van der Waals surface area contributed by atoms with E-state index in [0.29, 0.717) is 36.8 Å². The molecule has 2 aromatic rings. The van der Waals surface area contributed by atoms with E-state index in [9.17, 15) is 14.4 Å². The van der Waals surface area contributed by atoms with Crippen LogP contribution in [-0.2, 0) is 27.1 Å². The fraction of sp³-hybridized carbons (Fsp3) is 0.286. The Morgan fingerprint density at radius 1 is 0.654 bits per heavy atom. The van der Waals surface area contributed by atoms with Crippen LogP contribution in [0.4, 0.5) is 0 Å². The van der Waals surface area contributed by atoms with Gasteiger partial charge in [-0.2, -0.15) is 0 Å². The first-order valence-corrected chi connectivity index (χ1v) is 8.39. The van der Waals surface area contributed by atoms with Crippen molar-refractivity contribution in [3.05, 3.63) is 70.8 Å². The van der Waals surface area contributed by atoms with Crippen LogP contribution in [0.2, 0.25) is 0 Å². The molecule has 0 aliphatic heterocycles. The molecule has 0 saturated carbocycles. The first-order chi connectivity index (χ1) is 12.5. The summed E-state index contributed by atoms with van der Waals surface area (Å²) in [4.78, 5) is 34.9. The van der Waals surface area contributed by atoms with Crippen LogP contribution in [0, 0.1) is 0 Å². The molecule has 5 nitrogen and oxygen atoms in total. The van der Waals surface area contributed by atoms with E-state index in [1.54, 1.807) is 24.3 Å². The second-order valence-corrected chi connectivity index (χ2v) is 5.92. The summed E-state index contributed by atoms with van der Waals surface area (Å²) in [6.07, 6.45) is 2.19. The van der Waals surface area contributed by atoms with Gasteiger partial charge in [0.15, 0.2) is 0 Å². The quantitative estimate of drug-likeness (QED) is 0.680. The molecule has 0 unspecified atom stereocenters. The summed E-state index contributed by atoms with van der Waals surface area (Å²) in [5.74, 6) is -0.559. The molecule has 26 heavy (non-hydrogen) atoms. The molecule has 0 aliphatic rings. The van der Waals surface area contributed by atoms with Crippen molar-refractivity contribution in [2.24, 2.45) is 0 Å². The molecule has 0 heterocycles. The van der Waals surface area contributed by atoms with E-state index in [0.717, 1.165) is 11.1 Å². The van der Waals surface area contributed by atoms with Crippen molar-refractivity contribution < 1.29 is 23.9 Å². The van der Waals surface area contributed by atoms with Gasteiger partial charge < -0.3 is 9.47 Å². The van der Waals surface area contributed by atoms with Crippen LogP contribution in [0.3, 0.4) is 0 Å². The smallest absolute Gasteiger partial charge is 0.337 e. The van der Waals surface area contributed by atoms with E-state index < -0.39 is 0 Å². The molecule has 0 fully saturated rings. The van der Waals surface area contributed by atoms with Crippen molar-refractivity contribution in [1.82, 2.24) is 0 Å². The molecular weight excluding hydrogens is 332 g/mol. The van der Waals surface area contributed by atoms with Gasteiger partial charge in [0.25, 0.3) is 0 Å². The zero-order chi connectivity index (χ0) is 18.9. The molecule has 0 aliphatic carbocycles. The first-order valence-electron chi connectivity index (χ1n) is 8.39. The van der Waals surface area contributed by atoms with Crippen molar-refractivity contribution in [1.29, 1.82) is 0 Å². The Balaban J connectivity index is 1.78. The highest BCUT2D eigenvalue weighted by Gasteiger charge is 2.08. The summed E-state index contributed by atoms with van der Waals surface area (Å²) in [6, 6.07) is 14.2. The van der Waals surface area contributed by atoms with Gasteiger partial charge in [-0.05, 0) is 48.2 Å². The summed E-state index contributed by atoms with van der Waals surface area (Å²) in [5, 5.41) is 0. The second-order valence-electron chi connectivity index (χ2n) is 5.92. The van der Waals surface area contributed by atoms with Gasteiger partial charge in [0, 0.05) is 12.8 Å². The van der Waals surface area contributed by atoms with Crippen molar-refractivity contribution in [3.8, 4) is 0 Å². The van der Waals surface area contributed by atoms with E-state index in [4.69, 9.17) is 0 Å². The maximum atomic E-state index is 12.1. The lowest BCUT2D eigenvalue weighted by atomic mass is 10.0. The highest BCUT2D eigenvalue weighted by Crippen LogP contribution is 2.11. The normalized spacial score (nSPS) is 10.2. The summed E-state index contributed by atoms with van der Waals surface area (Å²) in [5.41, 5.74) is 3.01. The van der Waals surface area contributed by atoms with E-state index in [1.807, 2.05) is 24.3 Å². The van der Waals surface area contributed by atoms with Crippen molar-refractivity contribution in [2.45, 2.75) is 25.7 Å². The maximum absolute atomic E-state index is 12.1. The third kappa shape index (κ3) is 5.55. The number of rotatable bonds is 8. The molecule has 0 atom stereocenters. The molecule has 0 bridgehead atoms. The minimum Gasteiger partial charge on any atom is -0.465 e. The summed E-state index contributed by atoms with van der Waals surface area (Å²) in [7, 11) is 2.69. The van der Waals surface area contributed by atoms with Crippen LogP contribution in [0.15, 0.2) is 48.5 Å². The lowest BCUT2D eigenvalue weighted by Crippen LogP contribution is -2.04. The van der Waals surface area contributed by atoms with E-state index in [-0.39, 0.29) is 17.7 Å². The Labute approximate surface area is 152 Å². The number of ketones is 1. The number of carbonyl (C=O) groups is 3. The SMILES string of the molecule is COC(=O)c1ccc(CCC(=O)CCc2ccc(C(=O)OC)cc2)cc1. The lowest BCUT2D eigenvalue weighted by molar-refractivity contribution is -0.119. The van der Waals surface area contributed by atoms with E-state index in [2.05, 4.69) is 9.47 Å². The average Bonchev–Trinajstić information content (AvgIpc) is 2.70. The standard InChI is InChI=1S/C21H22O5/c1-25-20(23)17-9-3-15(4-10-17)7-13-19(22)14-8-16-5-11-18(12-6-16)21(24)26-2/h3-6,9-12H,7-8,13-14H2,1-2H3. The largest absolute Gasteiger partial charge is 0.465 e. The predicted octanol–water partition coefficient (Wildman–Crippen LogP) is 3.39. The van der Waals surface area contributed by atoms with Gasteiger partial charge in [0.05, 0.1) is 25.3 Å². The van der Waals surface area contributed by atoms with Crippen molar-refractivity contribution in [3.63, 3.8) is 0 Å². The monoisotopic (exact) mass is 354 g/mol. The minimum atomic E-state index is -0.370. The van der Waals surface area contributed by atoms with Gasteiger partial charge in [-0.1, -0.05) is 24.3 Å². The summed E-state index contributed by atoms with van der Waals surface area (Å²) < 4.78 is 9.31. The molecule has 136 valence electrons. The summed E-state index contributed by atoms with van der Waals surface area (Å²) in [6.45, 7) is 0. The number of carbonyl (C=O) groups excluding carboxylic acids is 3. The molecule has 2 aromatic carbocycles. The number of methoxy groups -OCH3 is 2. The van der Waals surface area contributed by atoms with Crippen molar-refractivity contribution >= 4 is 17.7 Å². The lowest BCUT2D eigenvalue weighted by Gasteiger charge is -2.05. The van der Waals surface area contributed by atoms with E-state index in [1.165, 1.54) is 14.2 Å². The van der Waals surface area contributed by atoms with Gasteiger partial charge in [-0.25, -0.2) is 9.59 Å². The minimum absolute atomic E-state index is 0.180. The molecule has 5 heteroatoms. The number of aryl methyl sites for hydroxylation is 2. The number of esters is 2. The second kappa shape index (κ2) is 9.51. The Hall–Kier alpha value is -2.95. The van der Waals surface area contributed by atoms with Gasteiger partial charge >= 0.3 is 11.9 Å². The molecule has 0 N–H and O–H groups in total. The van der Waals surface area contributed by atoms with Gasteiger partial charge in [-0.3, -0.25) is 4.79 Å². The molecule has 0 spiro atoms. The Bertz CT molecular complexity index is 694. The fourth-order valence-electron chi connectivity index (χ4n) is 2.54. The fourth-order valence-corrected chi connectivity index (χ4v) is 2.54. The molecule has 0 amide bonds. The average molecular weight is 354 g/mol. The maximum Gasteiger partial charge on any atom is 0.337 e. The Kier molecular flexibility index (Phi) is 7.09. The van der Waals surface area contributed by atoms with Gasteiger partial charge in [-0.15, -0.1) is 0 Å². The Morgan fingerprint density at radius 3 is 1.31 bits per heavy atom. The van der Waals surface area contributed by atoms with Crippen LogP contribution in [0.1, 0.15) is 44.7 Å². The zero-order valence-electron chi connectivity index (χ0n) is 15.0. The van der Waals surface area contributed by atoms with E-state index >= 15 is 0 Å². The van der Waals surface area contributed by atoms with Crippen LogP contribution >= 0.6 is 0 Å². The third-order valence-corrected chi connectivity index (χ3v) is 4.14. The van der Waals surface area contributed by atoms with Crippen molar-refractivity contribution in [2.75, 3.05) is 14.2 Å². The first kappa shape index (κ1) is 19.4. The molecule has 2 rings (SSSR count). The molecule has 0 saturated heterocycles. The van der Waals surface area contributed by atoms with Crippen LogP contribution in [0.5, 0.6) is 0 Å². The number of hydrogen-bond acceptors (Lipinski definition) is 5. The highest BCUT2D eigenvalue weighted by molar-refractivity contribution is 5.89. The number of benzene rings is 2. The summed E-state index contributed by atoms with van der Waals surface area (Å²) >= 11 is 0. The van der Waals surface area contributed by atoms with Gasteiger partial charge in [0.1, 0.15) is 5.78 Å². The zero-order valence-corrected chi connectivity index (χ0v) is 15.0. The topological polar surface area (TPSA) is 69.7 Å². The molecular formula is C21H22O5. The van der Waals surface area contributed by atoms with Crippen LogP contribution in [-0.4, -0.2) is 31.9 Å². The number of Topliss-reactive ketones (excluding diaryl/α,β-unsaturated/α-hetero) is 1. The Morgan fingerprint density at radius 2 is 1.00 bits per heavy atom. The van der Waals surface area contributed by atoms with Crippen LogP contribution in [0.25, 0.3) is 0 Å². The number of hydrogen-bond donors (Lipinski definition) is 0. The number of ether oxygens (including phenoxy) is 2. The predicted molar refractivity (Wildman–Crippen MR) is 97.2 cm³/mol. The molecule has 0 aromatic heterocycles.